The first-order valence-corrected chi connectivity index (χ1v) is 11.6. The molecule has 6 nitrogen and oxygen atoms in total. The summed E-state index contributed by atoms with van der Waals surface area (Å²) in [6, 6.07) is 9.81. The summed E-state index contributed by atoms with van der Waals surface area (Å²) in [5.41, 5.74) is 0.160. The molecule has 1 spiro atoms. The molecule has 0 radical (unpaired) electrons. The average Bonchev–Trinajstić information content (AvgIpc) is 2.74. The van der Waals surface area contributed by atoms with Crippen molar-refractivity contribution in [1.29, 1.82) is 10.5 Å². The molecule has 3 rings (SSSR count). The summed E-state index contributed by atoms with van der Waals surface area (Å²) in [5.74, 6) is -1.65. The van der Waals surface area contributed by atoms with E-state index in [4.69, 9.17) is 0 Å². The Labute approximate surface area is 192 Å². The van der Waals surface area contributed by atoms with Crippen LogP contribution in [0, 0.1) is 51.1 Å². The van der Waals surface area contributed by atoms with Crippen LogP contribution in [0.4, 0.5) is 10.1 Å². The lowest BCUT2D eigenvalue weighted by molar-refractivity contribution is -0.127. The molecule has 0 aromatic heterocycles. The van der Waals surface area contributed by atoms with Crippen LogP contribution in [0.15, 0.2) is 34.9 Å². The van der Waals surface area contributed by atoms with E-state index >= 15 is 0 Å². The van der Waals surface area contributed by atoms with Crippen molar-refractivity contribution in [3.63, 3.8) is 0 Å². The summed E-state index contributed by atoms with van der Waals surface area (Å²) in [7, 11) is 0. The van der Waals surface area contributed by atoms with E-state index in [-0.39, 0.29) is 17.1 Å². The first-order valence-electron chi connectivity index (χ1n) is 10.6. The number of rotatable bonds is 4. The molecule has 1 aromatic carbocycles. The molecule has 1 fully saturated rings. The highest BCUT2D eigenvalue weighted by atomic mass is 32.2. The third-order valence-corrected chi connectivity index (χ3v) is 7.60. The van der Waals surface area contributed by atoms with E-state index in [1.165, 1.54) is 24.3 Å². The van der Waals surface area contributed by atoms with E-state index in [1.54, 1.807) is 0 Å². The number of benzene rings is 1. The summed E-state index contributed by atoms with van der Waals surface area (Å²) in [4.78, 5) is 25.2. The van der Waals surface area contributed by atoms with Crippen LogP contribution in [0.5, 0.6) is 0 Å². The third-order valence-electron chi connectivity index (χ3n) is 6.60. The molecule has 1 saturated carbocycles. The number of amides is 2. The largest absolute Gasteiger partial charge is 0.325 e. The van der Waals surface area contributed by atoms with Crippen molar-refractivity contribution < 1.29 is 14.0 Å². The summed E-state index contributed by atoms with van der Waals surface area (Å²) in [5, 5.41) is 25.5. The SMILES string of the molecule is CC(C)(C)C1CCC2(CC1)C(C#N)=C(SCC(=O)Nc1ccc(F)cc1)NC(=O)C2C#N. The van der Waals surface area contributed by atoms with Crippen molar-refractivity contribution >= 4 is 29.3 Å². The van der Waals surface area contributed by atoms with E-state index in [1.807, 2.05) is 0 Å². The molecule has 32 heavy (non-hydrogen) atoms. The molecule has 1 aromatic rings. The van der Waals surface area contributed by atoms with E-state index in [0.29, 0.717) is 35.0 Å². The Morgan fingerprint density at radius 1 is 1.25 bits per heavy atom. The van der Waals surface area contributed by atoms with Crippen molar-refractivity contribution in [2.24, 2.45) is 22.7 Å². The number of anilines is 1. The van der Waals surface area contributed by atoms with E-state index in [0.717, 1.165) is 24.6 Å². The van der Waals surface area contributed by atoms with Crippen LogP contribution < -0.4 is 10.6 Å². The van der Waals surface area contributed by atoms with Crippen LogP contribution in [0.25, 0.3) is 0 Å². The predicted octanol–water partition coefficient (Wildman–Crippen LogP) is 4.72. The van der Waals surface area contributed by atoms with Gasteiger partial charge in [-0.05, 0) is 61.3 Å². The molecule has 2 amide bonds. The molecule has 2 aliphatic rings. The number of carbonyl (C=O) groups excluding carboxylic acids is 2. The number of nitrogens with zero attached hydrogens (tertiary/aromatic N) is 2. The van der Waals surface area contributed by atoms with Crippen molar-refractivity contribution in [1.82, 2.24) is 5.32 Å². The molecule has 1 unspecified atom stereocenters. The van der Waals surface area contributed by atoms with Gasteiger partial charge in [-0.25, -0.2) is 4.39 Å². The van der Waals surface area contributed by atoms with Crippen molar-refractivity contribution in [3.05, 3.63) is 40.7 Å². The third kappa shape index (κ3) is 4.81. The van der Waals surface area contributed by atoms with Gasteiger partial charge in [0, 0.05) is 11.1 Å². The summed E-state index contributed by atoms with van der Waals surface area (Å²) < 4.78 is 13.0. The maximum atomic E-state index is 13.0. The molecular weight excluding hydrogens is 427 g/mol. The van der Waals surface area contributed by atoms with E-state index < -0.39 is 23.1 Å². The van der Waals surface area contributed by atoms with E-state index in [9.17, 15) is 24.5 Å². The number of hydrogen-bond donors (Lipinski definition) is 2. The molecule has 1 aliphatic heterocycles. The van der Waals surface area contributed by atoms with Crippen LogP contribution in [0.2, 0.25) is 0 Å². The Hall–Kier alpha value is -2.84. The zero-order valence-electron chi connectivity index (χ0n) is 18.5. The zero-order valence-corrected chi connectivity index (χ0v) is 19.3. The zero-order chi connectivity index (χ0) is 23.5. The van der Waals surface area contributed by atoms with Crippen LogP contribution in [-0.4, -0.2) is 17.6 Å². The van der Waals surface area contributed by atoms with Crippen LogP contribution in [-0.2, 0) is 9.59 Å². The summed E-state index contributed by atoms with van der Waals surface area (Å²) >= 11 is 1.08. The second-order valence-corrected chi connectivity index (χ2v) is 10.5. The van der Waals surface area contributed by atoms with Gasteiger partial charge in [0.2, 0.25) is 11.8 Å². The van der Waals surface area contributed by atoms with Gasteiger partial charge in [-0.2, -0.15) is 10.5 Å². The average molecular weight is 455 g/mol. The number of carbonyl (C=O) groups is 2. The number of halogens is 1. The number of nitriles is 2. The molecule has 0 bridgehead atoms. The Balaban J connectivity index is 1.80. The minimum Gasteiger partial charge on any atom is -0.325 e. The Morgan fingerprint density at radius 3 is 2.41 bits per heavy atom. The first kappa shape index (κ1) is 23.8. The highest BCUT2D eigenvalue weighted by Gasteiger charge is 2.53. The molecule has 168 valence electrons. The van der Waals surface area contributed by atoms with Crippen molar-refractivity contribution in [2.75, 3.05) is 11.1 Å². The maximum Gasteiger partial charge on any atom is 0.243 e. The number of allylic oxidation sites excluding steroid dienone is 1. The van der Waals surface area contributed by atoms with Crippen LogP contribution in [0.1, 0.15) is 46.5 Å². The number of thioether (sulfide) groups is 1. The lowest BCUT2D eigenvalue weighted by atomic mass is 9.56. The Kier molecular flexibility index (Phi) is 6.95. The van der Waals surface area contributed by atoms with Gasteiger partial charge >= 0.3 is 0 Å². The minimum absolute atomic E-state index is 0.0317. The fourth-order valence-electron chi connectivity index (χ4n) is 4.73. The second-order valence-electron chi connectivity index (χ2n) is 9.51. The molecular formula is C24H27FN4O2S. The first-order chi connectivity index (χ1) is 15.1. The lowest BCUT2D eigenvalue weighted by Gasteiger charge is -2.47. The topological polar surface area (TPSA) is 106 Å². The second kappa shape index (κ2) is 9.34. The monoisotopic (exact) mass is 454 g/mol. The smallest absolute Gasteiger partial charge is 0.243 e. The van der Waals surface area contributed by atoms with Gasteiger partial charge in [0.25, 0.3) is 0 Å². The van der Waals surface area contributed by atoms with Gasteiger partial charge in [-0.1, -0.05) is 32.5 Å². The van der Waals surface area contributed by atoms with Gasteiger partial charge < -0.3 is 10.6 Å². The fraction of sp³-hybridized carbons (Fsp3) is 0.500. The molecule has 2 N–H and O–H groups in total. The quantitative estimate of drug-likeness (QED) is 0.684. The number of nitrogens with one attached hydrogen (secondary N) is 2. The summed E-state index contributed by atoms with van der Waals surface area (Å²) in [6.45, 7) is 6.56. The van der Waals surface area contributed by atoms with Gasteiger partial charge in [-0.3, -0.25) is 9.59 Å². The predicted molar refractivity (Wildman–Crippen MR) is 121 cm³/mol. The maximum absolute atomic E-state index is 13.0. The highest BCUT2D eigenvalue weighted by Crippen LogP contribution is 2.55. The standard InChI is InChI=1S/C24H27FN4O2S/c1-23(2,3)15-8-10-24(11-9-15)18(12-26)21(31)29-22(19(24)13-27)32-14-20(30)28-17-6-4-16(25)5-7-17/h4-7,15,18H,8-11,14H2,1-3H3,(H,28,30)(H,29,31). The molecule has 1 atom stereocenters. The van der Waals surface area contributed by atoms with Gasteiger partial charge in [0.1, 0.15) is 11.7 Å². The van der Waals surface area contributed by atoms with Crippen molar-refractivity contribution in [2.45, 2.75) is 46.5 Å². The molecule has 0 saturated heterocycles. The van der Waals surface area contributed by atoms with Crippen LogP contribution in [0.3, 0.4) is 0 Å². The molecule has 8 heteroatoms. The van der Waals surface area contributed by atoms with Crippen LogP contribution >= 0.6 is 11.8 Å². The van der Waals surface area contributed by atoms with Gasteiger partial charge in [0.15, 0.2) is 0 Å². The van der Waals surface area contributed by atoms with Gasteiger partial charge in [-0.15, -0.1) is 0 Å². The minimum atomic E-state index is -0.921. The summed E-state index contributed by atoms with van der Waals surface area (Å²) in [6.07, 6.45) is 2.86. The van der Waals surface area contributed by atoms with E-state index in [2.05, 4.69) is 43.5 Å². The van der Waals surface area contributed by atoms with Crippen molar-refractivity contribution in [3.8, 4) is 12.1 Å². The molecule has 1 aliphatic carbocycles. The lowest BCUT2D eigenvalue weighted by Crippen LogP contribution is -2.49. The normalized spacial score (nSPS) is 25.6. The number of hydrogen-bond acceptors (Lipinski definition) is 5. The Morgan fingerprint density at radius 2 is 1.88 bits per heavy atom. The fourth-order valence-corrected chi connectivity index (χ4v) is 5.64. The molecule has 1 heterocycles. The Bertz CT molecular complexity index is 1010. The highest BCUT2D eigenvalue weighted by molar-refractivity contribution is 8.03. The van der Waals surface area contributed by atoms with Gasteiger partial charge in [0.05, 0.1) is 28.5 Å².